The van der Waals surface area contributed by atoms with E-state index >= 15 is 0 Å². The Bertz CT molecular complexity index is 464. The monoisotopic (exact) mass is 387 g/mol. The Kier molecular flexibility index (Phi) is 6.34. The van der Waals surface area contributed by atoms with Crippen molar-refractivity contribution in [2.45, 2.75) is 24.5 Å². The average Bonchev–Trinajstić information content (AvgIpc) is 2.23. The Morgan fingerprint density at radius 1 is 1.05 bits per heavy atom. The molecule has 2 nitrogen and oxygen atoms in total. The largest absolute Gasteiger partial charge is 0.416 e. The summed E-state index contributed by atoms with van der Waals surface area (Å²) in [4.78, 5) is 0. The minimum atomic E-state index is -5.01. The smallest absolute Gasteiger partial charge is 0.382 e. The lowest BCUT2D eigenvalue weighted by Gasteiger charge is -2.22. The van der Waals surface area contributed by atoms with Crippen molar-refractivity contribution in [1.29, 1.82) is 0 Å². The van der Waals surface area contributed by atoms with E-state index in [2.05, 4.69) is 15.9 Å². The number of benzene rings is 1. The summed E-state index contributed by atoms with van der Waals surface area (Å²) in [7, 11) is 0. The highest BCUT2D eigenvalue weighted by molar-refractivity contribution is 9.10. The number of alkyl halides is 6. The molecular weight excluding hydrogens is 379 g/mol. The Morgan fingerprint density at radius 2 is 1.55 bits per heavy atom. The average molecular weight is 389 g/mol. The van der Waals surface area contributed by atoms with Crippen LogP contribution in [0.15, 0.2) is 22.7 Å². The fourth-order valence-electron chi connectivity index (χ4n) is 1.35. The maximum atomic E-state index is 12.5. The van der Waals surface area contributed by atoms with Crippen LogP contribution in [0.1, 0.15) is 17.2 Å². The van der Waals surface area contributed by atoms with E-state index in [1.165, 1.54) is 0 Å². The third-order valence-corrected chi connectivity index (χ3v) is 2.77. The molecule has 20 heavy (non-hydrogen) atoms. The zero-order chi connectivity index (χ0) is 15.0. The topological polar surface area (TPSA) is 46.2 Å². The second-order valence-corrected chi connectivity index (χ2v) is 4.70. The van der Waals surface area contributed by atoms with Gasteiger partial charge in [0.25, 0.3) is 0 Å². The summed E-state index contributed by atoms with van der Waals surface area (Å²) >= 11 is 2.75. The van der Waals surface area contributed by atoms with Crippen LogP contribution >= 0.6 is 28.3 Å². The van der Waals surface area contributed by atoms with Crippen molar-refractivity contribution in [1.82, 2.24) is 0 Å². The second-order valence-electron chi connectivity index (χ2n) is 3.78. The number of rotatable bonds is 2. The quantitative estimate of drug-likeness (QED) is 0.757. The molecule has 10 heteroatoms. The van der Waals surface area contributed by atoms with E-state index in [1.807, 2.05) is 0 Å². The van der Waals surface area contributed by atoms with E-state index in [-0.39, 0.29) is 16.9 Å². The van der Waals surface area contributed by atoms with Crippen LogP contribution in [0.5, 0.6) is 0 Å². The zero-order valence-electron chi connectivity index (χ0n) is 9.47. The van der Waals surface area contributed by atoms with Gasteiger partial charge in [-0.1, -0.05) is 15.9 Å². The van der Waals surface area contributed by atoms with Gasteiger partial charge in [0.15, 0.2) is 6.10 Å². The Hall–Kier alpha value is -0.510. The molecule has 1 aromatic carbocycles. The molecule has 0 unspecified atom stereocenters. The highest BCUT2D eigenvalue weighted by Gasteiger charge is 2.43. The molecule has 1 aromatic rings. The summed E-state index contributed by atoms with van der Waals surface area (Å²) in [6.45, 7) is 0. The molecule has 0 aromatic heterocycles. The van der Waals surface area contributed by atoms with Crippen molar-refractivity contribution in [2.24, 2.45) is 5.73 Å². The van der Waals surface area contributed by atoms with E-state index in [1.54, 1.807) is 0 Å². The van der Waals surface area contributed by atoms with Gasteiger partial charge in [-0.05, 0) is 23.8 Å². The van der Waals surface area contributed by atoms with E-state index in [0.29, 0.717) is 12.1 Å². The van der Waals surface area contributed by atoms with Gasteiger partial charge in [0.05, 0.1) is 11.6 Å². The van der Waals surface area contributed by atoms with E-state index < -0.39 is 35.6 Å². The molecule has 0 aliphatic heterocycles. The molecule has 3 N–H and O–H groups in total. The van der Waals surface area contributed by atoms with Crippen LogP contribution in [0.25, 0.3) is 0 Å². The highest BCUT2D eigenvalue weighted by Crippen LogP contribution is 2.35. The normalized spacial score (nSPS) is 15.4. The van der Waals surface area contributed by atoms with Crippen LogP contribution in [0, 0.1) is 0 Å². The van der Waals surface area contributed by atoms with Gasteiger partial charge < -0.3 is 10.8 Å². The van der Waals surface area contributed by atoms with Gasteiger partial charge in [-0.25, -0.2) is 0 Å². The SMILES string of the molecule is Cl.N[C@H](c1cc(Br)cc(C(F)(F)F)c1)[C@@H](O)C(F)(F)F. The van der Waals surface area contributed by atoms with E-state index in [0.717, 1.165) is 6.07 Å². The highest BCUT2D eigenvalue weighted by atomic mass is 79.9. The van der Waals surface area contributed by atoms with Crippen LogP contribution in [-0.4, -0.2) is 17.4 Å². The molecule has 0 heterocycles. The van der Waals surface area contributed by atoms with Crippen molar-refractivity contribution in [3.8, 4) is 0 Å². The number of aliphatic hydroxyl groups is 1. The molecule has 0 spiro atoms. The Balaban J connectivity index is 0.00000361. The van der Waals surface area contributed by atoms with Crippen molar-refractivity contribution in [3.05, 3.63) is 33.8 Å². The molecule has 0 saturated heterocycles. The standard InChI is InChI=1S/C10H8BrF6NO.ClH/c11-6-2-4(1-5(3-6)9(12,13)14)7(18)8(19)10(15,16)17;/h1-3,7-8,19H,18H2;1H/t7-,8-;/m1./s1. The molecule has 0 bridgehead atoms. The van der Waals surface area contributed by atoms with Crippen molar-refractivity contribution < 1.29 is 31.4 Å². The van der Waals surface area contributed by atoms with Gasteiger partial charge in [0, 0.05) is 4.47 Å². The van der Waals surface area contributed by atoms with Gasteiger partial charge in [0.1, 0.15) is 0 Å². The fraction of sp³-hybridized carbons (Fsp3) is 0.400. The minimum absolute atomic E-state index is 0. The zero-order valence-corrected chi connectivity index (χ0v) is 11.9. The molecule has 2 atom stereocenters. The Morgan fingerprint density at radius 3 is 1.95 bits per heavy atom. The third kappa shape index (κ3) is 4.80. The van der Waals surface area contributed by atoms with Gasteiger partial charge in [0.2, 0.25) is 0 Å². The first-order chi connectivity index (χ1) is 8.43. The number of halogens is 8. The lowest BCUT2D eigenvalue weighted by Crippen LogP contribution is -2.38. The van der Waals surface area contributed by atoms with Crippen molar-refractivity contribution in [3.63, 3.8) is 0 Å². The maximum Gasteiger partial charge on any atom is 0.416 e. The summed E-state index contributed by atoms with van der Waals surface area (Å²) in [6, 6.07) is 0.175. The van der Waals surface area contributed by atoms with E-state index in [4.69, 9.17) is 10.8 Å². The molecule has 0 radical (unpaired) electrons. The van der Waals surface area contributed by atoms with Crippen LogP contribution in [0.3, 0.4) is 0 Å². The first-order valence-corrected chi connectivity index (χ1v) is 5.60. The summed E-state index contributed by atoms with van der Waals surface area (Å²) in [5, 5.41) is 8.95. The van der Waals surface area contributed by atoms with Crippen LogP contribution in [0.2, 0.25) is 0 Å². The molecule has 0 amide bonds. The lowest BCUT2D eigenvalue weighted by molar-refractivity contribution is -0.210. The summed E-state index contributed by atoms with van der Waals surface area (Å²) < 4.78 is 74.2. The van der Waals surface area contributed by atoms with Crippen molar-refractivity contribution in [2.75, 3.05) is 0 Å². The first-order valence-electron chi connectivity index (χ1n) is 4.81. The molecule has 116 valence electrons. The van der Waals surface area contributed by atoms with Crippen LogP contribution < -0.4 is 5.73 Å². The first kappa shape index (κ1) is 19.5. The van der Waals surface area contributed by atoms with Crippen molar-refractivity contribution >= 4 is 28.3 Å². The summed E-state index contributed by atoms with van der Waals surface area (Å²) in [5.74, 6) is 0. The fourth-order valence-corrected chi connectivity index (χ4v) is 1.87. The number of aliphatic hydroxyl groups excluding tert-OH is 1. The number of hydrogen-bond acceptors (Lipinski definition) is 2. The second kappa shape index (κ2) is 6.50. The molecule has 0 saturated carbocycles. The molecule has 0 fully saturated rings. The minimum Gasteiger partial charge on any atom is -0.382 e. The molecule has 1 rings (SSSR count). The predicted octanol–water partition coefficient (Wildman–Crippen LogP) is 3.81. The van der Waals surface area contributed by atoms with Crippen LogP contribution in [-0.2, 0) is 6.18 Å². The van der Waals surface area contributed by atoms with Gasteiger partial charge in [-0.3, -0.25) is 0 Å². The van der Waals surface area contributed by atoms with Crippen LogP contribution in [0.4, 0.5) is 26.3 Å². The number of nitrogens with two attached hydrogens (primary N) is 1. The van der Waals surface area contributed by atoms with Gasteiger partial charge >= 0.3 is 12.4 Å². The van der Waals surface area contributed by atoms with Gasteiger partial charge in [-0.2, -0.15) is 26.3 Å². The van der Waals surface area contributed by atoms with Gasteiger partial charge in [-0.15, -0.1) is 12.4 Å². The third-order valence-electron chi connectivity index (χ3n) is 2.31. The molecule has 0 aliphatic carbocycles. The molecule has 0 aliphatic rings. The maximum absolute atomic E-state index is 12.5. The number of hydrogen-bond donors (Lipinski definition) is 2. The Labute approximate surface area is 124 Å². The summed E-state index contributed by atoms with van der Waals surface area (Å²) in [6.07, 6.45) is -12.7. The van der Waals surface area contributed by atoms with E-state index in [9.17, 15) is 26.3 Å². The predicted molar refractivity (Wildman–Crippen MR) is 65.4 cm³/mol. The molecular formula is C10H9BrClF6NO. The lowest BCUT2D eigenvalue weighted by atomic mass is 9.99. The summed E-state index contributed by atoms with van der Waals surface area (Å²) in [5.41, 5.74) is 3.53.